The maximum absolute atomic E-state index is 12.0. The highest BCUT2D eigenvalue weighted by Crippen LogP contribution is 2.16. The molecule has 22 heavy (non-hydrogen) atoms. The highest BCUT2D eigenvalue weighted by molar-refractivity contribution is 7.99. The number of hydrogen-bond acceptors (Lipinski definition) is 5. The Morgan fingerprint density at radius 3 is 2.73 bits per heavy atom. The lowest BCUT2D eigenvalue weighted by atomic mass is 10.2. The van der Waals surface area contributed by atoms with Gasteiger partial charge in [-0.15, -0.1) is 0 Å². The first-order valence-electron chi connectivity index (χ1n) is 6.30. The van der Waals surface area contributed by atoms with E-state index in [1.54, 1.807) is 24.1 Å². The summed E-state index contributed by atoms with van der Waals surface area (Å²) >= 11 is 1.26. The smallest absolute Gasteiger partial charge is 0.387 e. The first-order valence-corrected chi connectivity index (χ1v) is 7.29. The number of rotatable bonds is 7. The van der Waals surface area contributed by atoms with Crippen molar-refractivity contribution in [3.05, 3.63) is 36.2 Å². The van der Waals surface area contributed by atoms with E-state index < -0.39 is 6.61 Å². The fourth-order valence-electron chi connectivity index (χ4n) is 1.64. The first kappa shape index (κ1) is 16.2. The molecule has 0 spiro atoms. The van der Waals surface area contributed by atoms with Gasteiger partial charge in [0.2, 0.25) is 5.91 Å². The number of alkyl halides is 2. The van der Waals surface area contributed by atoms with Crippen LogP contribution in [0.4, 0.5) is 8.78 Å². The molecule has 0 saturated heterocycles. The van der Waals surface area contributed by atoms with Gasteiger partial charge in [0, 0.05) is 13.6 Å². The van der Waals surface area contributed by atoms with Gasteiger partial charge in [-0.1, -0.05) is 23.9 Å². The number of aromatic nitrogens is 3. The van der Waals surface area contributed by atoms with Gasteiger partial charge >= 0.3 is 6.61 Å². The lowest BCUT2D eigenvalue weighted by Crippen LogP contribution is -2.27. The van der Waals surface area contributed by atoms with Crippen molar-refractivity contribution in [2.45, 2.75) is 18.3 Å². The summed E-state index contributed by atoms with van der Waals surface area (Å²) in [5, 5.41) is 6.93. The maximum Gasteiger partial charge on any atom is 0.387 e. The largest absolute Gasteiger partial charge is 0.435 e. The Labute approximate surface area is 129 Å². The van der Waals surface area contributed by atoms with E-state index in [0.29, 0.717) is 11.7 Å². The van der Waals surface area contributed by atoms with Crippen LogP contribution in [0, 0.1) is 0 Å². The van der Waals surface area contributed by atoms with E-state index in [9.17, 15) is 13.6 Å². The second-order valence-corrected chi connectivity index (χ2v) is 5.32. The van der Waals surface area contributed by atoms with Gasteiger partial charge in [-0.05, 0) is 17.7 Å². The van der Waals surface area contributed by atoms with E-state index in [2.05, 4.69) is 19.9 Å². The molecule has 0 bridgehead atoms. The fourth-order valence-corrected chi connectivity index (χ4v) is 2.36. The van der Waals surface area contributed by atoms with Crippen LogP contribution in [0.1, 0.15) is 5.56 Å². The van der Waals surface area contributed by atoms with E-state index in [4.69, 9.17) is 0 Å². The average Bonchev–Trinajstić information content (AvgIpc) is 2.99. The number of nitrogens with one attached hydrogen (secondary N) is 1. The summed E-state index contributed by atoms with van der Waals surface area (Å²) in [5.74, 6) is 0.251. The maximum atomic E-state index is 12.0. The molecule has 1 aromatic heterocycles. The molecule has 2 rings (SSSR count). The van der Waals surface area contributed by atoms with Gasteiger partial charge in [0.1, 0.15) is 12.1 Å². The Kier molecular flexibility index (Phi) is 5.70. The molecule has 0 unspecified atom stereocenters. The third kappa shape index (κ3) is 4.99. The van der Waals surface area contributed by atoms with Crippen molar-refractivity contribution < 1.29 is 18.3 Å². The standard InChI is InChI=1S/C13H14F2N4O2S/c1-19(11(20)7-22-13-16-8-17-18-13)6-9-2-4-10(5-3-9)21-12(14)15/h2-5,8,12H,6-7H2,1H3,(H,16,17,18). The number of carbonyl (C=O) groups excluding carboxylic acids is 1. The zero-order valence-corrected chi connectivity index (χ0v) is 12.5. The minimum atomic E-state index is -2.84. The fraction of sp³-hybridized carbons (Fsp3) is 0.308. The quantitative estimate of drug-likeness (QED) is 0.789. The normalized spacial score (nSPS) is 10.7. The zero-order chi connectivity index (χ0) is 15.9. The summed E-state index contributed by atoms with van der Waals surface area (Å²) in [4.78, 5) is 17.4. The van der Waals surface area contributed by atoms with E-state index in [1.807, 2.05) is 0 Å². The van der Waals surface area contributed by atoms with Gasteiger partial charge in [-0.3, -0.25) is 9.89 Å². The molecule has 1 aromatic carbocycles. The van der Waals surface area contributed by atoms with E-state index in [0.717, 1.165) is 5.56 Å². The molecule has 9 heteroatoms. The van der Waals surface area contributed by atoms with Crippen LogP contribution in [-0.2, 0) is 11.3 Å². The second-order valence-electron chi connectivity index (χ2n) is 4.35. The second kappa shape index (κ2) is 7.74. The molecule has 6 nitrogen and oxygen atoms in total. The lowest BCUT2D eigenvalue weighted by molar-refractivity contribution is -0.127. The van der Waals surface area contributed by atoms with Crippen molar-refractivity contribution in [3.8, 4) is 5.75 Å². The van der Waals surface area contributed by atoms with E-state index >= 15 is 0 Å². The van der Waals surface area contributed by atoms with Crippen LogP contribution in [0.5, 0.6) is 5.75 Å². The lowest BCUT2D eigenvalue weighted by Gasteiger charge is -2.17. The van der Waals surface area contributed by atoms with Gasteiger partial charge < -0.3 is 9.64 Å². The Bertz CT molecular complexity index is 593. The van der Waals surface area contributed by atoms with Crippen LogP contribution in [0.2, 0.25) is 0 Å². The van der Waals surface area contributed by atoms with Gasteiger partial charge in [0.15, 0.2) is 5.16 Å². The molecule has 1 N–H and O–H groups in total. The molecular formula is C13H14F2N4O2S. The molecule has 0 saturated carbocycles. The zero-order valence-electron chi connectivity index (χ0n) is 11.7. The molecular weight excluding hydrogens is 314 g/mol. The number of H-pyrrole nitrogens is 1. The van der Waals surface area contributed by atoms with Crippen molar-refractivity contribution in [3.63, 3.8) is 0 Å². The van der Waals surface area contributed by atoms with Crippen LogP contribution >= 0.6 is 11.8 Å². The summed E-state index contributed by atoms with van der Waals surface area (Å²) in [6.07, 6.45) is 1.37. The van der Waals surface area contributed by atoms with Gasteiger partial charge in [0.25, 0.3) is 0 Å². The molecule has 0 radical (unpaired) electrons. The number of benzene rings is 1. The SMILES string of the molecule is CN(Cc1ccc(OC(F)F)cc1)C(=O)CSc1ncn[nH]1. The number of hydrogen-bond donors (Lipinski definition) is 1. The number of amides is 1. The van der Waals surface area contributed by atoms with Gasteiger partial charge in [-0.25, -0.2) is 4.98 Å². The predicted octanol–water partition coefficient (Wildman–Crippen LogP) is 2.16. The van der Waals surface area contributed by atoms with Crippen molar-refractivity contribution in [2.75, 3.05) is 12.8 Å². The number of nitrogens with zero attached hydrogens (tertiary/aromatic N) is 3. The van der Waals surface area contributed by atoms with E-state index in [1.165, 1.54) is 30.2 Å². The van der Waals surface area contributed by atoms with Crippen LogP contribution in [0.25, 0.3) is 0 Å². The van der Waals surface area contributed by atoms with Crippen molar-refractivity contribution in [1.82, 2.24) is 20.1 Å². The number of thioether (sulfide) groups is 1. The van der Waals surface area contributed by atoms with E-state index in [-0.39, 0.29) is 17.4 Å². The average molecular weight is 328 g/mol. The molecule has 1 amide bonds. The Balaban J connectivity index is 1.82. The summed E-state index contributed by atoms with van der Waals surface area (Å²) in [5.41, 5.74) is 0.821. The summed E-state index contributed by atoms with van der Waals surface area (Å²) in [7, 11) is 1.67. The number of carbonyl (C=O) groups is 1. The molecule has 0 aliphatic rings. The highest BCUT2D eigenvalue weighted by Gasteiger charge is 2.11. The minimum Gasteiger partial charge on any atom is -0.435 e. The molecule has 0 aliphatic heterocycles. The molecule has 0 aliphatic carbocycles. The molecule has 0 fully saturated rings. The third-order valence-electron chi connectivity index (χ3n) is 2.72. The van der Waals surface area contributed by atoms with Gasteiger partial charge in [0.05, 0.1) is 5.75 Å². The third-order valence-corrected chi connectivity index (χ3v) is 3.58. The monoisotopic (exact) mass is 328 g/mol. The Morgan fingerprint density at radius 1 is 1.41 bits per heavy atom. The summed E-state index contributed by atoms with van der Waals surface area (Å²) in [6.45, 7) is -2.46. The number of ether oxygens (including phenoxy) is 1. The van der Waals surface area contributed by atoms with Crippen LogP contribution in [0.15, 0.2) is 35.7 Å². The van der Waals surface area contributed by atoms with Crippen LogP contribution in [0.3, 0.4) is 0 Å². The Morgan fingerprint density at radius 2 is 2.14 bits per heavy atom. The summed E-state index contributed by atoms with van der Waals surface area (Å²) < 4.78 is 28.4. The van der Waals surface area contributed by atoms with Crippen molar-refractivity contribution in [1.29, 1.82) is 0 Å². The topological polar surface area (TPSA) is 71.1 Å². The summed E-state index contributed by atoms with van der Waals surface area (Å²) in [6, 6.07) is 6.18. The molecule has 118 valence electrons. The molecule has 1 heterocycles. The number of aromatic amines is 1. The van der Waals surface area contributed by atoms with Crippen molar-refractivity contribution in [2.24, 2.45) is 0 Å². The molecule has 0 atom stereocenters. The Hall–Kier alpha value is -2.16. The predicted molar refractivity (Wildman–Crippen MR) is 76.7 cm³/mol. The first-order chi connectivity index (χ1) is 10.5. The highest BCUT2D eigenvalue weighted by atomic mass is 32.2. The number of halogens is 2. The van der Waals surface area contributed by atoms with Crippen LogP contribution < -0.4 is 4.74 Å². The van der Waals surface area contributed by atoms with Crippen molar-refractivity contribution >= 4 is 17.7 Å². The minimum absolute atomic E-state index is 0.0747. The van der Waals surface area contributed by atoms with Gasteiger partial charge in [-0.2, -0.15) is 13.9 Å². The molecule has 2 aromatic rings. The van der Waals surface area contributed by atoms with Crippen LogP contribution in [-0.4, -0.2) is 45.4 Å².